The number of hydrogen-bond donors (Lipinski definition) is 1. The summed E-state index contributed by atoms with van der Waals surface area (Å²) in [6.45, 7) is 1.41. The number of benzene rings is 1. The van der Waals surface area contributed by atoms with Gasteiger partial charge < -0.3 is 10.1 Å². The van der Waals surface area contributed by atoms with Crippen LogP contribution in [0.15, 0.2) is 23.1 Å². The Morgan fingerprint density at radius 3 is 2.71 bits per heavy atom. The number of nitrogens with one attached hydrogen (secondary N) is 1. The van der Waals surface area contributed by atoms with E-state index in [1.807, 2.05) is 0 Å². The summed E-state index contributed by atoms with van der Waals surface area (Å²) >= 11 is 6.04. The van der Waals surface area contributed by atoms with Crippen LogP contribution in [0, 0.1) is 0 Å². The van der Waals surface area contributed by atoms with Crippen molar-refractivity contribution in [2.45, 2.75) is 17.4 Å². The van der Waals surface area contributed by atoms with Crippen LogP contribution in [0.5, 0.6) is 0 Å². The molecule has 1 fully saturated rings. The molecule has 1 aromatic rings. The summed E-state index contributed by atoms with van der Waals surface area (Å²) in [6.07, 6.45) is 0.758. The average Bonchev–Trinajstić information content (AvgIpc) is 2.99. The zero-order valence-corrected chi connectivity index (χ0v) is 13.4. The van der Waals surface area contributed by atoms with Gasteiger partial charge in [-0.25, -0.2) is 13.2 Å². The van der Waals surface area contributed by atoms with E-state index in [-0.39, 0.29) is 21.5 Å². The zero-order valence-electron chi connectivity index (χ0n) is 11.8. The highest BCUT2D eigenvalue weighted by Crippen LogP contribution is 2.27. The summed E-state index contributed by atoms with van der Waals surface area (Å²) in [5, 5.41) is 3.13. The second-order valence-electron chi connectivity index (χ2n) is 4.80. The monoisotopic (exact) mass is 332 g/mol. The van der Waals surface area contributed by atoms with Crippen LogP contribution in [-0.2, 0) is 14.8 Å². The smallest absolute Gasteiger partial charge is 0.337 e. The molecule has 6 nitrogen and oxygen atoms in total. The van der Waals surface area contributed by atoms with Crippen molar-refractivity contribution < 1.29 is 17.9 Å². The normalized spacial score (nSPS) is 19.0. The lowest BCUT2D eigenvalue weighted by atomic mass is 10.2. The Balaban J connectivity index is 2.34. The van der Waals surface area contributed by atoms with Gasteiger partial charge in [-0.15, -0.1) is 0 Å². The summed E-state index contributed by atoms with van der Waals surface area (Å²) < 4.78 is 31.1. The van der Waals surface area contributed by atoms with Crippen molar-refractivity contribution in [1.29, 1.82) is 0 Å². The van der Waals surface area contributed by atoms with Gasteiger partial charge in [0.2, 0.25) is 10.0 Å². The second kappa shape index (κ2) is 6.31. The quantitative estimate of drug-likeness (QED) is 0.836. The molecule has 116 valence electrons. The molecule has 1 aliphatic heterocycles. The first kappa shape index (κ1) is 16.2. The van der Waals surface area contributed by atoms with Crippen LogP contribution in [0.1, 0.15) is 16.8 Å². The zero-order chi connectivity index (χ0) is 15.6. The van der Waals surface area contributed by atoms with Gasteiger partial charge in [-0.3, -0.25) is 0 Å². The fourth-order valence-electron chi connectivity index (χ4n) is 2.26. The molecule has 0 radical (unpaired) electrons. The van der Waals surface area contributed by atoms with Crippen LogP contribution < -0.4 is 5.32 Å². The van der Waals surface area contributed by atoms with E-state index in [9.17, 15) is 13.2 Å². The molecule has 0 bridgehead atoms. The highest BCUT2D eigenvalue weighted by Gasteiger charge is 2.31. The SMILES string of the molecule is COC(=O)c1ccc(S(=O)(=O)N(C)C2CCNC2)c(Cl)c1. The van der Waals surface area contributed by atoms with Crippen molar-refractivity contribution in [3.8, 4) is 0 Å². The number of carbonyl (C=O) groups is 1. The van der Waals surface area contributed by atoms with Crippen LogP contribution in [0.4, 0.5) is 0 Å². The Hall–Kier alpha value is -1.15. The molecule has 8 heteroatoms. The van der Waals surface area contributed by atoms with Crippen LogP contribution in [-0.4, -0.2) is 52.0 Å². The number of hydrogen-bond acceptors (Lipinski definition) is 5. The molecule has 1 N–H and O–H groups in total. The van der Waals surface area contributed by atoms with Gasteiger partial charge in [0.15, 0.2) is 0 Å². The Labute approximate surface area is 129 Å². The maximum Gasteiger partial charge on any atom is 0.337 e. The maximum absolute atomic E-state index is 12.6. The molecule has 1 unspecified atom stereocenters. The predicted molar refractivity (Wildman–Crippen MR) is 79.0 cm³/mol. The molecule has 21 heavy (non-hydrogen) atoms. The summed E-state index contributed by atoms with van der Waals surface area (Å²) in [5.74, 6) is -0.561. The molecular formula is C13H17ClN2O4S. The second-order valence-corrected chi connectivity index (χ2v) is 7.18. The number of halogens is 1. The Morgan fingerprint density at radius 1 is 1.48 bits per heavy atom. The standard InChI is InChI=1S/C13H17ClN2O4S/c1-16(10-5-6-15-8-10)21(18,19)12-4-3-9(7-11(12)14)13(17)20-2/h3-4,7,10,15H,5-6,8H2,1-2H3. The van der Waals surface area contributed by atoms with Gasteiger partial charge in [-0.1, -0.05) is 11.6 Å². The Kier molecular flexibility index (Phi) is 4.88. The predicted octanol–water partition coefficient (Wildman–Crippen LogP) is 1.11. The first-order valence-corrected chi connectivity index (χ1v) is 8.26. The lowest BCUT2D eigenvalue weighted by Crippen LogP contribution is -2.38. The van der Waals surface area contributed by atoms with E-state index in [1.54, 1.807) is 0 Å². The van der Waals surface area contributed by atoms with Gasteiger partial charge in [0.1, 0.15) is 4.90 Å². The van der Waals surface area contributed by atoms with Crippen molar-refractivity contribution in [2.75, 3.05) is 27.2 Å². The third kappa shape index (κ3) is 3.21. The number of nitrogens with zero attached hydrogens (tertiary/aromatic N) is 1. The molecule has 0 saturated carbocycles. The summed E-state index contributed by atoms with van der Waals surface area (Å²) in [5.41, 5.74) is 0.214. The summed E-state index contributed by atoms with van der Waals surface area (Å²) in [6, 6.07) is 3.95. The largest absolute Gasteiger partial charge is 0.465 e. The Morgan fingerprint density at radius 2 is 2.19 bits per heavy atom. The molecule has 0 amide bonds. The summed E-state index contributed by atoms with van der Waals surface area (Å²) in [7, 11) is -0.902. The van der Waals surface area contributed by atoms with Crippen LogP contribution in [0.2, 0.25) is 5.02 Å². The van der Waals surface area contributed by atoms with Crippen molar-refractivity contribution in [1.82, 2.24) is 9.62 Å². The van der Waals surface area contributed by atoms with Crippen molar-refractivity contribution >= 4 is 27.6 Å². The molecule has 1 heterocycles. The molecule has 1 aromatic carbocycles. The van der Waals surface area contributed by atoms with Crippen molar-refractivity contribution in [3.05, 3.63) is 28.8 Å². The molecule has 1 atom stereocenters. The fraction of sp³-hybridized carbons (Fsp3) is 0.462. The number of ether oxygens (including phenoxy) is 1. The number of carbonyl (C=O) groups excluding carboxylic acids is 1. The van der Waals surface area contributed by atoms with Gasteiger partial charge in [0.05, 0.1) is 17.7 Å². The minimum Gasteiger partial charge on any atom is -0.465 e. The van der Waals surface area contributed by atoms with E-state index < -0.39 is 16.0 Å². The maximum atomic E-state index is 12.6. The molecule has 1 aliphatic rings. The topological polar surface area (TPSA) is 75.7 Å². The lowest BCUT2D eigenvalue weighted by Gasteiger charge is -2.23. The molecular weight excluding hydrogens is 316 g/mol. The van der Waals surface area contributed by atoms with E-state index >= 15 is 0 Å². The van der Waals surface area contributed by atoms with E-state index in [1.165, 1.54) is 36.7 Å². The molecule has 0 aliphatic carbocycles. The van der Waals surface area contributed by atoms with Gasteiger partial charge in [-0.05, 0) is 31.2 Å². The van der Waals surface area contributed by atoms with E-state index in [4.69, 9.17) is 11.6 Å². The Bertz CT molecular complexity index is 642. The molecule has 0 spiro atoms. The van der Waals surface area contributed by atoms with E-state index in [2.05, 4.69) is 10.1 Å². The third-order valence-electron chi connectivity index (χ3n) is 3.56. The molecule has 0 aromatic heterocycles. The van der Waals surface area contributed by atoms with E-state index in [0.29, 0.717) is 6.54 Å². The number of likely N-dealkylation sites (N-methyl/N-ethyl adjacent to an activating group) is 1. The third-order valence-corrected chi connectivity index (χ3v) is 5.95. The molecule has 2 rings (SSSR count). The van der Waals surface area contributed by atoms with Crippen LogP contribution in [0.3, 0.4) is 0 Å². The number of rotatable bonds is 4. The van der Waals surface area contributed by atoms with Gasteiger partial charge in [-0.2, -0.15) is 4.31 Å². The van der Waals surface area contributed by atoms with E-state index in [0.717, 1.165) is 13.0 Å². The van der Waals surface area contributed by atoms with Crippen LogP contribution in [0.25, 0.3) is 0 Å². The first-order valence-electron chi connectivity index (χ1n) is 6.44. The van der Waals surface area contributed by atoms with Gasteiger partial charge >= 0.3 is 5.97 Å². The van der Waals surface area contributed by atoms with Crippen molar-refractivity contribution in [3.63, 3.8) is 0 Å². The first-order chi connectivity index (χ1) is 9.87. The minimum absolute atomic E-state index is 0.00813. The van der Waals surface area contributed by atoms with Gasteiger partial charge in [0.25, 0.3) is 0 Å². The molecule has 1 saturated heterocycles. The lowest BCUT2D eigenvalue weighted by molar-refractivity contribution is 0.0600. The summed E-state index contributed by atoms with van der Waals surface area (Å²) in [4.78, 5) is 11.4. The number of sulfonamides is 1. The van der Waals surface area contributed by atoms with Gasteiger partial charge in [0, 0.05) is 19.6 Å². The fourth-order valence-corrected chi connectivity index (χ4v) is 4.16. The minimum atomic E-state index is -3.69. The van der Waals surface area contributed by atoms with Crippen molar-refractivity contribution in [2.24, 2.45) is 0 Å². The highest BCUT2D eigenvalue weighted by molar-refractivity contribution is 7.89. The number of esters is 1. The number of methoxy groups -OCH3 is 1. The van der Waals surface area contributed by atoms with Crippen LogP contribution >= 0.6 is 11.6 Å². The average molecular weight is 333 g/mol. The highest BCUT2D eigenvalue weighted by atomic mass is 35.5.